The molecule has 0 radical (unpaired) electrons. The summed E-state index contributed by atoms with van der Waals surface area (Å²) in [7, 11) is 0. The maximum absolute atomic E-state index is 3.45. The SMILES string of the molecule is Brc1ccc(/C=C2/CCCNCC2)cc1. The normalized spacial score (nSPS) is 20.2. The van der Waals surface area contributed by atoms with Crippen LogP contribution in [0, 0.1) is 0 Å². The van der Waals surface area contributed by atoms with Gasteiger partial charge in [-0.2, -0.15) is 0 Å². The molecule has 1 aromatic carbocycles. The standard InChI is InChI=1S/C13H16BrN/c14-13-5-3-12(4-6-13)10-11-2-1-8-15-9-7-11/h3-6,10,15H,1-2,7-9H2/b11-10-. The Morgan fingerprint density at radius 3 is 2.67 bits per heavy atom. The van der Waals surface area contributed by atoms with Crippen molar-refractivity contribution in [3.63, 3.8) is 0 Å². The van der Waals surface area contributed by atoms with Crippen molar-refractivity contribution in [1.82, 2.24) is 5.32 Å². The molecule has 0 aromatic heterocycles. The first-order valence-electron chi connectivity index (χ1n) is 5.50. The van der Waals surface area contributed by atoms with Crippen LogP contribution in [-0.4, -0.2) is 13.1 Å². The van der Waals surface area contributed by atoms with Gasteiger partial charge in [-0.15, -0.1) is 0 Å². The van der Waals surface area contributed by atoms with Crippen LogP contribution in [0.25, 0.3) is 6.08 Å². The zero-order valence-electron chi connectivity index (χ0n) is 8.80. The van der Waals surface area contributed by atoms with E-state index in [0.717, 1.165) is 17.6 Å². The summed E-state index contributed by atoms with van der Waals surface area (Å²) in [6, 6.07) is 8.52. The molecule has 1 nitrogen and oxygen atoms in total. The van der Waals surface area contributed by atoms with E-state index in [4.69, 9.17) is 0 Å². The van der Waals surface area contributed by atoms with Gasteiger partial charge in [0.1, 0.15) is 0 Å². The van der Waals surface area contributed by atoms with Crippen molar-refractivity contribution in [2.24, 2.45) is 0 Å². The molecular formula is C13H16BrN. The molecule has 1 saturated heterocycles. The van der Waals surface area contributed by atoms with Crippen LogP contribution in [0.4, 0.5) is 0 Å². The molecule has 1 fully saturated rings. The van der Waals surface area contributed by atoms with Crippen LogP contribution in [0.5, 0.6) is 0 Å². The first kappa shape index (κ1) is 10.9. The second-order valence-corrected chi connectivity index (χ2v) is 4.87. The van der Waals surface area contributed by atoms with Crippen molar-refractivity contribution in [3.05, 3.63) is 39.9 Å². The molecule has 2 heteroatoms. The minimum Gasteiger partial charge on any atom is -0.316 e. The largest absolute Gasteiger partial charge is 0.316 e. The first-order valence-corrected chi connectivity index (χ1v) is 6.29. The van der Waals surface area contributed by atoms with Gasteiger partial charge in [-0.1, -0.05) is 39.7 Å². The van der Waals surface area contributed by atoms with Crippen LogP contribution >= 0.6 is 15.9 Å². The molecule has 1 heterocycles. The molecule has 0 aliphatic carbocycles. The lowest BCUT2D eigenvalue weighted by atomic mass is 10.0. The number of rotatable bonds is 1. The Hall–Kier alpha value is -0.600. The minimum absolute atomic E-state index is 1.13. The Balaban J connectivity index is 2.10. The third-order valence-electron chi connectivity index (χ3n) is 2.72. The van der Waals surface area contributed by atoms with Gasteiger partial charge in [0, 0.05) is 4.47 Å². The molecule has 1 aliphatic rings. The smallest absolute Gasteiger partial charge is 0.0175 e. The highest BCUT2D eigenvalue weighted by atomic mass is 79.9. The molecule has 1 aliphatic heterocycles. The summed E-state index contributed by atoms with van der Waals surface area (Å²) >= 11 is 3.45. The quantitative estimate of drug-likeness (QED) is 0.818. The fraction of sp³-hybridized carbons (Fsp3) is 0.385. The van der Waals surface area contributed by atoms with E-state index in [0.29, 0.717) is 0 Å². The van der Waals surface area contributed by atoms with Crippen LogP contribution in [0.3, 0.4) is 0 Å². The highest BCUT2D eigenvalue weighted by molar-refractivity contribution is 9.10. The molecule has 0 atom stereocenters. The van der Waals surface area contributed by atoms with E-state index in [1.807, 2.05) is 0 Å². The summed E-state index contributed by atoms with van der Waals surface area (Å²) in [5.41, 5.74) is 2.89. The number of nitrogens with one attached hydrogen (secondary N) is 1. The molecule has 1 aromatic rings. The van der Waals surface area contributed by atoms with E-state index in [1.54, 1.807) is 5.57 Å². The van der Waals surface area contributed by atoms with Crippen molar-refractivity contribution in [1.29, 1.82) is 0 Å². The summed E-state index contributed by atoms with van der Waals surface area (Å²) in [6.45, 7) is 2.29. The highest BCUT2D eigenvalue weighted by Gasteiger charge is 2.03. The Kier molecular flexibility index (Phi) is 3.98. The average Bonchev–Trinajstić information content (AvgIpc) is 2.50. The maximum atomic E-state index is 3.45. The van der Waals surface area contributed by atoms with Crippen LogP contribution in [0.15, 0.2) is 34.3 Å². The van der Waals surface area contributed by atoms with Gasteiger partial charge in [0.05, 0.1) is 0 Å². The van der Waals surface area contributed by atoms with Crippen molar-refractivity contribution < 1.29 is 0 Å². The molecule has 0 saturated carbocycles. The maximum Gasteiger partial charge on any atom is 0.0175 e. The van der Waals surface area contributed by atoms with Gasteiger partial charge < -0.3 is 5.32 Å². The summed E-state index contributed by atoms with van der Waals surface area (Å²) in [5, 5.41) is 3.42. The zero-order valence-corrected chi connectivity index (χ0v) is 10.4. The second kappa shape index (κ2) is 5.47. The predicted molar refractivity (Wildman–Crippen MR) is 68.8 cm³/mol. The Morgan fingerprint density at radius 2 is 1.87 bits per heavy atom. The average molecular weight is 266 g/mol. The van der Waals surface area contributed by atoms with E-state index < -0.39 is 0 Å². The second-order valence-electron chi connectivity index (χ2n) is 3.96. The molecule has 0 unspecified atom stereocenters. The van der Waals surface area contributed by atoms with E-state index >= 15 is 0 Å². The minimum atomic E-state index is 1.13. The van der Waals surface area contributed by atoms with Crippen LogP contribution < -0.4 is 5.32 Å². The molecule has 0 amide bonds. The van der Waals surface area contributed by atoms with Crippen LogP contribution in [0.1, 0.15) is 24.8 Å². The summed E-state index contributed by atoms with van der Waals surface area (Å²) in [5.74, 6) is 0. The molecule has 1 N–H and O–H groups in total. The lowest BCUT2D eigenvalue weighted by molar-refractivity contribution is 0.703. The summed E-state index contributed by atoms with van der Waals surface area (Å²) < 4.78 is 1.15. The van der Waals surface area contributed by atoms with Crippen molar-refractivity contribution >= 4 is 22.0 Å². The molecule has 80 valence electrons. The lowest BCUT2D eigenvalue weighted by Crippen LogP contribution is -2.13. The summed E-state index contributed by atoms with van der Waals surface area (Å²) in [6.07, 6.45) is 6.03. The Labute approximate surface area is 99.7 Å². The molecule has 0 spiro atoms. The number of benzene rings is 1. The lowest BCUT2D eigenvalue weighted by Gasteiger charge is -2.02. The van der Waals surface area contributed by atoms with Gasteiger partial charge in [-0.3, -0.25) is 0 Å². The van der Waals surface area contributed by atoms with Crippen LogP contribution in [0.2, 0.25) is 0 Å². The van der Waals surface area contributed by atoms with Crippen molar-refractivity contribution in [3.8, 4) is 0 Å². The van der Waals surface area contributed by atoms with E-state index in [-0.39, 0.29) is 0 Å². The molecule has 0 bridgehead atoms. The monoisotopic (exact) mass is 265 g/mol. The van der Waals surface area contributed by atoms with E-state index in [1.165, 1.54) is 24.8 Å². The van der Waals surface area contributed by atoms with Crippen molar-refractivity contribution in [2.45, 2.75) is 19.3 Å². The Bertz CT molecular complexity index is 330. The van der Waals surface area contributed by atoms with E-state index in [2.05, 4.69) is 51.6 Å². The van der Waals surface area contributed by atoms with E-state index in [9.17, 15) is 0 Å². The van der Waals surface area contributed by atoms with Crippen LogP contribution in [-0.2, 0) is 0 Å². The van der Waals surface area contributed by atoms with Gasteiger partial charge in [0.2, 0.25) is 0 Å². The van der Waals surface area contributed by atoms with Gasteiger partial charge in [0.25, 0.3) is 0 Å². The van der Waals surface area contributed by atoms with Gasteiger partial charge >= 0.3 is 0 Å². The fourth-order valence-corrected chi connectivity index (χ4v) is 2.14. The molecular weight excluding hydrogens is 250 g/mol. The summed E-state index contributed by atoms with van der Waals surface area (Å²) in [4.78, 5) is 0. The third kappa shape index (κ3) is 3.47. The van der Waals surface area contributed by atoms with Gasteiger partial charge in [-0.05, 0) is 50.0 Å². The first-order chi connectivity index (χ1) is 7.34. The zero-order chi connectivity index (χ0) is 10.5. The third-order valence-corrected chi connectivity index (χ3v) is 3.24. The predicted octanol–water partition coefficient (Wildman–Crippen LogP) is 3.61. The number of hydrogen-bond donors (Lipinski definition) is 1. The number of hydrogen-bond acceptors (Lipinski definition) is 1. The van der Waals surface area contributed by atoms with Gasteiger partial charge in [-0.25, -0.2) is 0 Å². The highest BCUT2D eigenvalue weighted by Crippen LogP contribution is 2.18. The number of halogens is 1. The fourth-order valence-electron chi connectivity index (χ4n) is 1.88. The molecule has 2 rings (SSSR count). The topological polar surface area (TPSA) is 12.0 Å². The Morgan fingerprint density at radius 1 is 1.07 bits per heavy atom. The molecule has 15 heavy (non-hydrogen) atoms. The van der Waals surface area contributed by atoms with Gasteiger partial charge in [0.15, 0.2) is 0 Å². The van der Waals surface area contributed by atoms with Crippen molar-refractivity contribution in [2.75, 3.05) is 13.1 Å².